The first kappa shape index (κ1) is 14.1. The number of nitrogens with zero attached hydrogens (tertiary/aromatic N) is 1. The van der Waals surface area contributed by atoms with Gasteiger partial charge in [0.15, 0.2) is 0 Å². The number of anilines is 2. The van der Waals surface area contributed by atoms with Crippen LogP contribution in [0.2, 0.25) is 0 Å². The molecule has 0 bridgehead atoms. The maximum absolute atomic E-state index is 12.2. The van der Waals surface area contributed by atoms with Crippen molar-refractivity contribution >= 4 is 17.3 Å². The van der Waals surface area contributed by atoms with Crippen molar-refractivity contribution in [1.29, 1.82) is 0 Å². The second kappa shape index (κ2) is 6.19. The Morgan fingerprint density at radius 1 is 1.20 bits per heavy atom. The van der Waals surface area contributed by atoms with E-state index < -0.39 is 0 Å². The first-order valence-electron chi connectivity index (χ1n) is 6.68. The number of aromatic nitrogens is 1. The Morgan fingerprint density at radius 2 is 2.00 bits per heavy atom. The fourth-order valence-corrected chi connectivity index (χ4v) is 2.02. The first-order valence-corrected chi connectivity index (χ1v) is 6.68. The van der Waals surface area contributed by atoms with Crippen LogP contribution in [0, 0.1) is 13.8 Å². The van der Waals surface area contributed by atoms with Gasteiger partial charge in [-0.25, -0.2) is 0 Å². The lowest BCUT2D eigenvalue weighted by Gasteiger charge is -2.10. The molecule has 0 radical (unpaired) electrons. The van der Waals surface area contributed by atoms with Crippen LogP contribution in [0.4, 0.5) is 11.4 Å². The molecular formula is C16H19N3O. The summed E-state index contributed by atoms with van der Waals surface area (Å²) in [5, 5.41) is 6.14. The molecule has 20 heavy (non-hydrogen) atoms. The molecule has 1 heterocycles. The van der Waals surface area contributed by atoms with Crippen molar-refractivity contribution in [2.75, 3.05) is 17.2 Å². The SMILES string of the molecule is CCNc1ccc(C(=O)Nc2ccnc(C)c2)cc1C. The maximum atomic E-state index is 12.2. The summed E-state index contributed by atoms with van der Waals surface area (Å²) >= 11 is 0. The van der Waals surface area contributed by atoms with Crippen molar-refractivity contribution < 1.29 is 4.79 Å². The number of nitrogens with one attached hydrogen (secondary N) is 2. The first-order chi connectivity index (χ1) is 9.60. The third kappa shape index (κ3) is 3.35. The van der Waals surface area contributed by atoms with E-state index in [1.165, 1.54) is 0 Å². The van der Waals surface area contributed by atoms with Gasteiger partial charge in [0.2, 0.25) is 0 Å². The van der Waals surface area contributed by atoms with Crippen LogP contribution in [-0.2, 0) is 0 Å². The summed E-state index contributed by atoms with van der Waals surface area (Å²) in [6, 6.07) is 9.28. The number of rotatable bonds is 4. The van der Waals surface area contributed by atoms with Crippen molar-refractivity contribution in [3.63, 3.8) is 0 Å². The third-order valence-electron chi connectivity index (χ3n) is 3.01. The van der Waals surface area contributed by atoms with E-state index in [0.717, 1.165) is 29.2 Å². The largest absolute Gasteiger partial charge is 0.385 e. The summed E-state index contributed by atoms with van der Waals surface area (Å²) in [5.41, 5.74) is 4.41. The van der Waals surface area contributed by atoms with Crippen molar-refractivity contribution in [2.45, 2.75) is 20.8 Å². The second-order valence-electron chi connectivity index (χ2n) is 4.70. The van der Waals surface area contributed by atoms with Gasteiger partial charge in [-0.05, 0) is 56.7 Å². The fourth-order valence-electron chi connectivity index (χ4n) is 2.02. The molecular weight excluding hydrogens is 250 g/mol. The highest BCUT2D eigenvalue weighted by Gasteiger charge is 2.08. The summed E-state index contributed by atoms with van der Waals surface area (Å²) in [5.74, 6) is -0.109. The Bertz CT molecular complexity index is 623. The molecule has 0 aliphatic carbocycles. The van der Waals surface area contributed by atoms with Gasteiger partial charge < -0.3 is 10.6 Å². The minimum atomic E-state index is -0.109. The highest BCUT2D eigenvalue weighted by atomic mass is 16.1. The van der Waals surface area contributed by atoms with E-state index in [0.29, 0.717) is 5.56 Å². The number of aryl methyl sites for hydroxylation is 2. The Hall–Kier alpha value is -2.36. The lowest BCUT2D eigenvalue weighted by atomic mass is 10.1. The standard InChI is InChI=1S/C16H19N3O/c1-4-17-15-6-5-13(9-11(15)2)16(20)19-14-7-8-18-12(3)10-14/h5-10,17H,4H2,1-3H3,(H,18,19,20). The normalized spacial score (nSPS) is 10.2. The summed E-state index contributed by atoms with van der Waals surface area (Å²) in [6.07, 6.45) is 1.68. The zero-order chi connectivity index (χ0) is 14.5. The van der Waals surface area contributed by atoms with Gasteiger partial charge in [0, 0.05) is 35.4 Å². The predicted molar refractivity (Wildman–Crippen MR) is 82.3 cm³/mol. The molecule has 0 spiro atoms. The van der Waals surface area contributed by atoms with E-state index in [1.54, 1.807) is 12.3 Å². The number of carbonyl (C=O) groups is 1. The van der Waals surface area contributed by atoms with Gasteiger partial charge in [-0.15, -0.1) is 0 Å². The number of carbonyl (C=O) groups excluding carboxylic acids is 1. The lowest BCUT2D eigenvalue weighted by Crippen LogP contribution is -2.12. The van der Waals surface area contributed by atoms with E-state index in [-0.39, 0.29) is 5.91 Å². The zero-order valence-electron chi connectivity index (χ0n) is 12.0. The molecule has 4 nitrogen and oxygen atoms in total. The monoisotopic (exact) mass is 269 g/mol. The topological polar surface area (TPSA) is 54.0 Å². The third-order valence-corrected chi connectivity index (χ3v) is 3.01. The van der Waals surface area contributed by atoms with Gasteiger partial charge in [-0.1, -0.05) is 0 Å². The van der Waals surface area contributed by atoms with E-state index in [1.807, 2.05) is 45.0 Å². The molecule has 0 aliphatic rings. The van der Waals surface area contributed by atoms with Gasteiger partial charge in [0.1, 0.15) is 0 Å². The molecule has 0 saturated carbocycles. The molecule has 104 valence electrons. The summed E-state index contributed by atoms with van der Waals surface area (Å²) in [7, 11) is 0. The highest BCUT2D eigenvalue weighted by molar-refractivity contribution is 6.04. The van der Waals surface area contributed by atoms with E-state index in [4.69, 9.17) is 0 Å². The molecule has 2 aromatic rings. The molecule has 0 fully saturated rings. The van der Waals surface area contributed by atoms with Crippen LogP contribution in [0.15, 0.2) is 36.5 Å². The number of hydrogen-bond donors (Lipinski definition) is 2. The second-order valence-corrected chi connectivity index (χ2v) is 4.70. The van der Waals surface area contributed by atoms with E-state index in [2.05, 4.69) is 15.6 Å². The Balaban J connectivity index is 2.15. The predicted octanol–water partition coefficient (Wildman–Crippen LogP) is 3.38. The minimum absolute atomic E-state index is 0.109. The Morgan fingerprint density at radius 3 is 2.65 bits per heavy atom. The van der Waals surface area contributed by atoms with Crippen molar-refractivity contribution in [2.24, 2.45) is 0 Å². The molecule has 0 saturated heterocycles. The van der Waals surface area contributed by atoms with Crippen LogP contribution in [0.25, 0.3) is 0 Å². The van der Waals surface area contributed by atoms with Gasteiger partial charge in [0.25, 0.3) is 5.91 Å². The number of benzene rings is 1. The smallest absolute Gasteiger partial charge is 0.255 e. The lowest BCUT2D eigenvalue weighted by molar-refractivity contribution is 0.102. The van der Waals surface area contributed by atoms with Gasteiger partial charge in [-0.2, -0.15) is 0 Å². The minimum Gasteiger partial charge on any atom is -0.385 e. The van der Waals surface area contributed by atoms with Crippen LogP contribution in [0.1, 0.15) is 28.5 Å². The molecule has 0 aliphatic heterocycles. The molecule has 1 aromatic carbocycles. The molecule has 0 unspecified atom stereocenters. The van der Waals surface area contributed by atoms with E-state index >= 15 is 0 Å². The van der Waals surface area contributed by atoms with Gasteiger partial charge in [-0.3, -0.25) is 9.78 Å². The Labute approximate surface area is 119 Å². The molecule has 1 aromatic heterocycles. The van der Waals surface area contributed by atoms with Crippen LogP contribution < -0.4 is 10.6 Å². The summed E-state index contributed by atoms with van der Waals surface area (Å²) in [6.45, 7) is 6.80. The highest BCUT2D eigenvalue weighted by Crippen LogP contribution is 2.17. The molecule has 0 atom stereocenters. The van der Waals surface area contributed by atoms with Crippen molar-refractivity contribution in [3.8, 4) is 0 Å². The van der Waals surface area contributed by atoms with Gasteiger partial charge in [0.05, 0.1) is 0 Å². The van der Waals surface area contributed by atoms with Crippen LogP contribution >= 0.6 is 0 Å². The van der Waals surface area contributed by atoms with E-state index in [9.17, 15) is 4.79 Å². The van der Waals surface area contributed by atoms with Crippen molar-refractivity contribution in [1.82, 2.24) is 4.98 Å². The molecule has 2 N–H and O–H groups in total. The Kier molecular flexibility index (Phi) is 4.35. The zero-order valence-corrected chi connectivity index (χ0v) is 12.0. The molecule has 4 heteroatoms. The van der Waals surface area contributed by atoms with Crippen LogP contribution in [0.5, 0.6) is 0 Å². The number of amides is 1. The number of pyridine rings is 1. The fraction of sp³-hybridized carbons (Fsp3) is 0.250. The number of hydrogen-bond acceptors (Lipinski definition) is 3. The molecule has 1 amide bonds. The summed E-state index contributed by atoms with van der Waals surface area (Å²) < 4.78 is 0. The average molecular weight is 269 g/mol. The van der Waals surface area contributed by atoms with Crippen LogP contribution in [-0.4, -0.2) is 17.4 Å². The van der Waals surface area contributed by atoms with Crippen LogP contribution in [0.3, 0.4) is 0 Å². The van der Waals surface area contributed by atoms with Crippen molar-refractivity contribution in [3.05, 3.63) is 53.3 Å². The maximum Gasteiger partial charge on any atom is 0.255 e. The molecule has 2 rings (SSSR count). The summed E-state index contributed by atoms with van der Waals surface area (Å²) in [4.78, 5) is 16.3. The quantitative estimate of drug-likeness (QED) is 0.894. The van der Waals surface area contributed by atoms with Gasteiger partial charge >= 0.3 is 0 Å². The average Bonchev–Trinajstić information content (AvgIpc) is 2.41.